The second-order valence-electron chi connectivity index (χ2n) is 12.0. The number of alkyl halides is 2. The zero-order valence-electron chi connectivity index (χ0n) is 26.3. The number of carbonyl (C=O) groups excluding carboxylic acids is 2. The zero-order chi connectivity index (χ0) is 32.8. The highest BCUT2D eigenvalue weighted by atomic mass is 19.3. The van der Waals surface area contributed by atoms with Gasteiger partial charge in [-0.25, -0.2) is 23.1 Å². The third-order valence-electron chi connectivity index (χ3n) is 8.14. The van der Waals surface area contributed by atoms with Crippen molar-refractivity contribution in [2.75, 3.05) is 38.3 Å². The van der Waals surface area contributed by atoms with E-state index in [1.54, 1.807) is 49.7 Å². The number of nitrogens with zero attached hydrogens (tertiary/aromatic N) is 5. The average molecular weight is 644 g/mol. The van der Waals surface area contributed by atoms with Crippen LogP contribution in [0.5, 0.6) is 5.88 Å². The number of hydrogen-bond acceptors (Lipinski definition) is 7. The molecule has 2 fully saturated rings. The molecule has 3 aromatic rings. The number of halogens is 3. The molecule has 1 aliphatic carbocycles. The van der Waals surface area contributed by atoms with Crippen molar-refractivity contribution in [2.45, 2.75) is 70.8 Å². The Morgan fingerprint density at radius 1 is 1.22 bits per heavy atom. The summed E-state index contributed by atoms with van der Waals surface area (Å²) in [6.07, 6.45) is 5.04. The van der Waals surface area contributed by atoms with Gasteiger partial charge in [0.25, 0.3) is 11.8 Å². The Morgan fingerprint density at radius 2 is 1.98 bits per heavy atom. The third kappa shape index (κ3) is 7.87. The van der Waals surface area contributed by atoms with Crippen LogP contribution in [-0.4, -0.2) is 83.4 Å². The van der Waals surface area contributed by atoms with Gasteiger partial charge in [-0.05, 0) is 69.4 Å². The Morgan fingerprint density at radius 3 is 2.63 bits per heavy atom. The van der Waals surface area contributed by atoms with Gasteiger partial charge in [-0.1, -0.05) is 12.1 Å². The van der Waals surface area contributed by atoms with Crippen LogP contribution < -0.4 is 9.64 Å². The minimum absolute atomic E-state index is 0.0683. The van der Waals surface area contributed by atoms with Crippen LogP contribution in [0.3, 0.4) is 0 Å². The number of hydrogen-bond donors (Lipinski definition) is 0. The molecular formula is C33H40F3N5O5. The fourth-order valence-electron chi connectivity index (χ4n) is 5.33. The Bertz CT molecular complexity index is 1490. The largest absolute Gasteiger partial charge is 0.477 e. The van der Waals surface area contributed by atoms with Gasteiger partial charge in [0.2, 0.25) is 12.3 Å². The number of ether oxygens (including phenoxy) is 3. The van der Waals surface area contributed by atoms with E-state index in [9.17, 15) is 22.8 Å². The van der Waals surface area contributed by atoms with Gasteiger partial charge in [0.05, 0.1) is 24.7 Å². The summed E-state index contributed by atoms with van der Waals surface area (Å²) in [5.41, 5.74) is 1.14. The summed E-state index contributed by atoms with van der Waals surface area (Å²) < 4.78 is 60.0. The topological polar surface area (TPSA) is 99.0 Å². The summed E-state index contributed by atoms with van der Waals surface area (Å²) in [6, 6.07) is 8.78. The van der Waals surface area contributed by atoms with Gasteiger partial charge in [-0.3, -0.25) is 14.5 Å². The summed E-state index contributed by atoms with van der Waals surface area (Å²) in [4.78, 5) is 38.7. The number of imidazole rings is 1. The smallest absolute Gasteiger partial charge is 0.274 e. The number of aromatic nitrogens is 3. The highest BCUT2D eigenvalue weighted by Gasteiger charge is 2.57. The van der Waals surface area contributed by atoms with Gasteiger partial charge >= 0.3 is 0 Å². The van der Waals surface area contributed by atoms with E-state index in [2.05, 4.69) is 4.98 Å². The standard InChI is InChI=1S/C33H40F3N5O5/c1-22(2)41(21-42)30-28(32(43)39(3)15-7-17-45-27-9-4-5-16-44-27)40(19-23-10-12-25(34)13-11-23)29(38-30)26-8-6-14-37-31(26)46-20-24-18-33(24,35)36/h6,8,10-14,21-22,24,27H,4-5,7,9,15-20H2,1-3H3. The van der Waals surface area contributed by atoms with Crippen LogP contribution in [-0.2, 0) is 20.8 Å². The van der Waals surface area contributed by atoms with Crippen molar-refractivity contribution in [3.63, 3.8) is 0 Å². The van der Waals surface area contributed by atoms with Crippen LogP contribution in [0.25, 0.3) is 11.4 Å². The lowest BCUT2D eigenvalue weighted by Gasteiger charge is -2.25. The molecule has 0 N–H and O–H groups in total. The molecule has 0 spiro atoms. The lowest BCUT2D eigenvalue weighted by atomic mass is 10.2. The van der Waals surface area contributed by atoms with Crippen LogP contribution in [0.1, 0.15) is 62.0 Å². The number of pyridine rings is 1. The van der Waals surface area contributed by atoms with E-state index in [4.69, 9.17) is 19.2 Å². The highest BCUT2D eigenvalue weighted by molar-refractivity contribution is 6.00. The molecule has 2 aliphatic rings. The van der Waals surface area contributed by atoms with Crippen LogP contribution in [0.4, 0.5) is 19.0 Å². The van der Waals surface area contributed by atoms with Gasteiger partial charge in [-0.15, -0.1) is 0 Å². The molecule has 1 saturated heterocycles. The second-order valence-corrected chi connectivity index (χ2v) is 12.0. The van der Waals surface area contributed by atoms with Gasteiger partial charge in [0, 0.05) is 45.4 Å². The fourth-order valence-corrected chi connectivity index (χ4v) is 5.33. The first-order chi connectivity index (χ1) is 22.1. The monoisotopic (exact) mass is 643 g/mol. The molecule has 2 unspecified atom stereocenters. The van der Waals surface area contributed by atoms with Crippen molar-refractivity contribution in [2.24, 2.45) is 5.92 Å². The SMILES string of the molecule is CC(C)N(C=O)c1nc(-c2cccnc2OCC2CC2(F)F)n(Cc2ccc(F)cc2)c1C(=O)N(C)CCCOC1CCCCO1. The molecule has 2 atom stereocenters. The molecule has 2 amide bonds. The van der Waals surface area contributed by atoms with Crippen LogP contribution in [0.15, 0.2) is 42.6 Å². The lowest BCUT2D eigenvalue weighted by Crippen LogP contribution is -2.35. The number of amides is 2. The maximum absolute atomic E-state index is 14.3. The quantitative estimate of drug-likeness (QED) is 0.158. The molecule has 10 nitrogen and oxygen atoms in total. The molecule has 2 aromatic heterocycles. The number of anilines is 1. The second kappa shape index (κ2) is 14.6. The van der Waals surface area contributed by atoms with Crippen molar-refractivity contribution in [3.05, 3.63) is 59.7 Å². The van der Waals surface area contributed by atoms with Crippen molar-refractivity contribution < 1.29 is 37.0 Å². The minimum atomic E-state index is -2.77. The first kappa shape index (κ1) is 33.4. The average Bonchev–Trinajstić information content (AvgIpc) is 3.51. The van der Waals surface area contributed by atoms with Crippen LogP contribution in [0.2, 0.25) is 0 Å². The number of rotatable bonds is 15. The molecule has 13 heteroatoms. The van der Waals surface area contributed by atoms with Gasteiger partial charge in [0.15, 0.2) is 17.8 Å². The third-order valence-corrected chi connectivity index (χ3v) is 8.14. The molecule has 3 heterocycles. The van der Waals surface area contributed by atoms with Gasteiger partial charge < -0.3 is 23.7 Å². The Hall–Kier alpha value is -3.97. The maximum Gasteiger partial charge on any atom is 0.274 e. The van der Waals surface area contributed by atoms with Crippen LogP contribution >= 0.6 is 0 Å². The van der Waals surface area contributed by atoms with E-state index in [0.717, 1.165) is 19.3 Å². The summed E-state index contributed by atoms with van der Waals surface area (Å²) in [5.74, 6) is -4.08. The molecule has 0 bridgehead atoms. The van der Waals surface area contributed by atoms with Crippen LogP contribution in [0, 0.1) is 11.7 Å². The molecule has 1 saturated carbocycles. The summed E-state index contributed by atoms with van der Waals surface area (Å²) >= 11 is 0. The molecule has 46 heavy (non-hydrogen) atoms. The first-order valence-electron chi connectivity index (χ1n) is 15.6. The molecule has 248 valence electrons. The molecular weight excluding hydrogens is 603 g/mol. The Labute approximate surface area is 266 Å². The lowest BCUT2D eigenvalue weighted by molar-refractivity contribution is -0.162. The number of carbonyl (C=O) groups is 2. The van der Waals surface area contributed by atoms with Crippen molar-refractivity contribution in [3.8, 4) is 17.3 Å². The van der Waals surface area contributed by atoms with E-state index in [-0.39, 0.29) is 55.1 Å². The maximum atomic E-state index is 14.3. The summed E-state index contributed by atoms with van der Waals surface area (Å²) in [6.45, 7) is 4.86. The normalized spacial score (nSPS) is 18.8. The van der Waals surface area contributed by atoms with Gasteiger partial charge in [-0.2, -0.15) is 0 Å². The first-order valence-corrected chi connectivity index (χ1v) is 15.6. The van der Waals surface area contributed by atoms with E-state index < -0.39 is 23.6 Å². The van der Waals surface area contributed by atoms with Crippen molar-refractivity contribution in [1.82, 2.24) is 19.4 Å². The minimum Gasteiger partial charge on any atom is -0.477 e. The Balaban J connectivity index is 1.51. The zero-order valence-corrected chi connectivity index (χ0v) is 26.3. The highest BCUT2D eigenvalue weighted by Crippen LogP contribution is 2.48. The summed E-state index contributed by atoms with van der Waals surface area (Å²) in [7, 11) is 1.66. The van der Waals surface area contributed by atoms with E-state index >= 15 is 0 Å². The molecule has 1 aromatic carbocycles. The van der Waals surface area contributed by atoms with E-state index in [1.165, 1.54) is 28.1 Å². The Kier molecular flexibility index (Phi) is 10.6. The van der Waals surface area contributed by atoms with E-state index in [1.807, 2.05) is 0 Å². The number of benzene rings is 1. The predicted octanol–water partition coefficient (Wildman–Crippen LogP) is 5.54. The fraction of sp³-hybridized carbons (Fsp3) is 0.515. The summed E-state index contributed by atoms with van der Waals surface area (Å²) in [5, 5.41) is 0. The molecule has 0 radical (unpaired) electrons. The van der Waals surface area contributed by atoms with Crippen molar-refractivity contribution >= 4 is 18.1 Å². The van der Waals surface area contributed by atoms with Crippen molar-refractivity contribution in [1.29, 1.82) is 0 Å². The molecule has 5 rings (SSSR count). The van der Waals surface area contributed by atoms with Gasteiger partial charge in [0.1, 0.15) is 11.6 Å². The predicted molar refractivity (Wildman–Crippen MR) is 164 cm³/mol. The molecule has 1 aliphatic heterocycles. The van der Waals surface area contributed by atoms with E-state index in [0.29, 0.717) is 43.7 Å².